The van der Waals surface area contributed by atoms with Crippen molar-refractivity contribution in [3.63, 3.8) is 0 Å². The van der Waals surface area contributed by atoms with Crippen molar-refractivity contribution in [2.45, 2.75) is 71.6 Å². The SMILES string of the molecule is C=C=C(C)C1=CCC=C(OCCCCCCCCCC)C=C1. The first-order chi connectivity index (χ1) is 10.8. The van der Waals surface area contributed by atoms with Crippen molar-refractivity contribution < 1.29 is 4.74 Å². The Kier molecular flexibility index (Phi) is 10.2. The van der Waals surface area contributed by atoms with E-state index in [-0.39, 0.29) is 0 Å². The zero-order valence-corrected chi connectivity index (χ0v) is 14.5. The Bertz CT molecular complexity index is 445. The molecule has 0 amide bonds. The molecule has 0 heterocycles. The smallest absolute Gasteiger partial charge is 0.115 e. The van der Waals surface area contributed by atoms with Crippen molar-refractivity contribution in [1.29, 1.82) is 0 Å². The van der Waals surface area contributed by atoms with Crippen molar-refractivity contribution in [3.05, 3.63) is 53.5 Å². The molecule has 122 valence electrons. The molecule has 1 rings (SSSR count). The molecular formula is C21H32O. The second kappa shape index (κ2) is 12.1. The lowest BCUT2D eigenvalue weighted by molar-refractivity contribution is 0.216. The fourth-order valence-electron chi connectivity index (χ4n) is 2.52. The van der Waals surface area contributed by atoms with Gasteiger partial charge in [-0.25, -0.2) is 0 Å². The Morgan fingerprint density at radius 1 is 1.05 bits per heavy atom. The van der Waals surface area contributed by atoms with Crippen LogP contribution in [0.5, 0.6) is 0 Å². The van der Waals surface area contributed by atoms with Gasteiger partial charge in [0, 0.05) is 0 Å². The third-order valence-corrected chi connectivity index (χ3v) is 4.05. The monoisotopic (exact) mass is 300 g/mol. The standard InChI is InChI=1S/C21H32O/c1-4-6-7-8-9-10-11-12-18-22-21-15-13-14-20(16-17-21)19(3)5-2/h14-17H,2,4,6-13,18H2,1,3H3. The largest absolute Gasteiger partial charge is 0.494 e. The highest BCUT2D eigenvalue weighted by Gasteiger charge is 2.01. The van der Waals surface area contributed by atoms with Crippen molar-refractivity contribution in [2.75, 3.05) is 6.61 Å². The normalized spacial score (nSPS) is 13.9. The summed E-state index contributed by atoms with van der Waals surface area (Å²) in [7, 11) is 0. The van der Waals surface area contributed by atoms with Gasteiger partial charge in [0.05, 0.1) is 6.61 Å². The Morgan fingerprint density at radius 3 is 2.41 bits per heavy atom. The molecule has 0 N–H and O–H groups in total. The van der Waals surface area contributed by atoms with Crippen LogP contribution < -0.4 is 0 Å². The summed E-state index contributed by atoms with van der Waals surface area (Å²) in [6, 6.07) is 0. The molecule has 22 heavy (non-hydrogen) atoms. The van der Waals surface area contributed by atoms with Gasteiger partial charge in [0.25, 0.3) is 0 Å². The van der Waals surface area contributed by atoms with Crippen LogP contribution in [0.3, 0.4) is 0 Å². The zero-order chi connectivity index (χ0) is 16.0. The van der Waals surface area contributed by atoms with Crippen LogP contribution in [0.4, 0.5) is 0 Å². The Labute approximate surface area is 137 Å². The Hall–Kier alpha value is -1.46. The Balaban J connectivity index is 2.11. The summed E-state index contributed by atoms with van der Waals surface area (Å²) in [5.41, 5.74) is 5.23. The quantitative estimate of drug-likeness (QED) is 0.307. The van der Waals surface area contributed by atoms with Crippen LogP contribution in [0.2, 0.25) is 0 Å². The van der Waals surface area contributed by atoms with Crippen LogP contribution in [-0.4, -0.2) is 6.61 Å². The van der Waals surface area contributed by atoms with Crippen molar-refractivity contribution in [3.8, 4) is 0 Å². The summed E-state index contributed by atoms with van der Waals surface area (Å²) >= 11 is 0. The third kappa shape index (κ3) is 8.10. The van der Waals surface area contributed by atoms with E-state index in [1.54, 1.807) is 0 Å². The zero-order valence-electron chi connectivity index (χ0n) is 14.5. The predicted octanol–water partition coefficient (Wildman–Crippen LogP) is 6.65. The second-order valence-corrected chi connectivity index (χ2v) is 5.96. The molecule has 0 aromatic carbocycles. The first-order valence-electron chi connectivity index (χ1n) is 8.86. The van der Waals surface area contributed by atoms with Gasteiger partial charge in [0.1, 0.15) is 5.76 Å². The average molecular weight is 300 g/mol. The van der Waals surface area contributed by atoms with Crippen LogP contribution in [-0.2, 0) is 4.74 Å². The van der Waals surface area contributed by atoms with Gasteiger partial charge in [-0.05, 0) is 43.1 Å². The number of allylic oxidation sites excluding steroid dienone is 6. The lowest BCUT2D eigenvalue weighted by Gasteiger charge is -2.06. The van der Waals surface area contributed by atoms with E-state index in [2.05, 4.69) is 43.5 Å². The maximum absolute atomic E-state index is 5.87. The molecule has 0 radical (unpaired) electrons. The summed E-state index contributed by atoms with van der Waals surface area (Å²) in [6.45, 7) is 8.83. The van der Waals surface area contributed by atoms with E-state index in [1.807, 2.05) is 6.92 Å². The maximum atomic E-state index is 5.87. The fraction of sp³-hybridized carbons (Fsp3) is 0.571. The highest BCUT2D eigenvalue weighted by atomic mass is 16.5. The molecule has 0 saturated heterocycles. The summed E-state index contributed by atoms with van der Waals surface area (Å²) in [5, 5.41) is 0. The molecule has 0 unspecified atom stereocenters. The molecule has 0 atom stereocenters. The fourth-order valence-corrected chi connectivity index (χ4v) is 2.52. The molecule has 0 aliphatic heterocycles. The molecule has 1 aliphatic carbocycles. The molecular weight excluding hydrogens is 268 g/mol. The molecule has 0 bridgehead atoms. The van der Waals surface area contributed by atoms with Crippen LogP contribution in [0.15, 0.2) is 53.5 Å². The lowest BCUT2D eigenvalue weighted by Crippen LogP contribution is -1.93. The molecule has 1 heteroatoms. The molecule has 1 nitrogen and oxygen atoms in total. The molecule has 0 fully saturated rings. The van der Waals surface area contributed by atoms with E-state index in [0.717, 1.165) is 30.8 Å². The predicted molar refractivity (Wildman–Crippen MR) is 96.8 cm³/mol. The number of ether oxygens (including phenoxy) is 1. The summed E-state index contributed by atoms with van der Waals surface area (Å²) < 4.78 is 5.87. The van der Waals surface area contributed by atoms with Gasteiger partial charge in [-0.15, -0.1) is 5.73 Å². The lowest BCUT2D eigenvalue weighted by atomic mass is 10.1. The van der Waals surface area contributed by atoms with Gasteiger partial charge in [0.2, 0.25) is 0 Å². The first-order valence-corrected chi connectivity index (χ1v) is 8.86. The summed E-state index contributed by atoms with van der Waals surface area (Å²) in [4.78, 5) is 0. The van der Waals surface area contributed by atoms with E-state index < -0.39 is 0 Å². The van der Waals surface area contributed by atoms with E-state index >= 15 is 0 Å². The highest BCUT2D eigenvalue weighted by Crippen LogP contribution is 2.17. The highest BCUT2D eigenvalue weighted by molar-refractivity contribution is 5.41. The van der Waals surface area contributed by atoms with Gasteiger partial charge in [0.15, 0.2) is 0 Å². The van der Waals surface area contributed by atoms with Crippen molar-refractivity contribution in [2.24, 2.45) is 0 Å². The summed E-state index contributed by atoms with van der Waals surface area (Å²) in [5.74, 6) is 0.992. The second-order valence-electron chi connectivity index (χ2n) is 5.96. The topological polar surface area (TPSA) is 9.23 Å². The summed E-state index contributed by atoms with van der Waals surface area (Å²) in [6.07, 6.45) is 20.1. The van der Waals surface area contributed by atoms with Crippen LogP contribution in [0, 0.1) is 0 Å². The van der Waals surface area contributed by atoms with Gasteiger partial charge >= 0.3 is 0 Å². The minimum Gasteiger partial charge on any atom is -0.494 e. The van der Waals surface area contributed by atoms with E-state index in [9.17, 15) is 0 Å². The minimum atomic E-state index is 0.830. The van der Waals surface area contributed by atoms with Gasteiger partial charge in [-0.1, -0.05) is 70.6 Å². The van der Waals surface area contributed by atoms with Crippen molar-refractivity contribution >= 4 is 0 Å². The number of hydrogen-bond donors (Lipinski definition) is 0. The molecule has 0 saturated carbocycles. The van der Waals surface area contributed by atoms with Gasteiger partial charge < -0.3 is 4.74 Å². The molecule has 0 spiro atoms. The van der Waals surface area contributed by atoms with Crippen molar-refractivity contribution in [1.82, 2.24) is 0 Å². The first kappa shape index (κ1) is 18.6. The third-order valence-electron chi connectivity index (χ3n) is 4.05. The molecule has 1 aliphatic rings. The van der Waals surface area contributed by atoms with Crippen LogP contribution in [0.25, 0.3) is 0 Å². The van der Waals surface area contributed by atoms with E-state index in [0.29, 0.717) is 0 Å². The number of hydrogen-bond acceptors (Lipinski definition) is 1. The van der Waals surface area contributed by atoms with Gasteiger partial charge in [-0.3, -0.25) is 0 Å². The minimum absolute atomic E-state index is 0.830. The molecule has 0 aromatic heterocycles. The maximum Gasteiger partial charge on any atom is 0.115 e. The van der Waals surface area contributed by atoms with E-state index in [1.165, 1.54) is 50.5 Å². The average Bonchev–Trinajstić information content (AvgIpc) is 2.78. The van der Waals surface area contributed by atoms with E-state index in [4.69, 9.17) is 4.74 Å². The van der Waals surface area contributed by atoms with Crippen LogP contribution >= 0.6 is 0 Å². The Morgan fingerprint density at radius 2 is 1.73 bits per heavy atom. The van der Waals surface area contributed by atoms with Gasteiger partial charge in [-0.2, -0.15) is 0 Å². The molecule has 0 aromatic rings. The van der Waals surface area contributed by atoms with Crippen LogP contribution in [0.1, 0.15) is 71.6 Å². The number of rotatable bonds is 11. The number of unbranched alkanes of at least 4 members (excludes halogenated alkanes) is 7.